The molecule has 6 heteroatoms. The average Bonchev–Trinajstić information content (AvgIpc) is 2.51. The third kappa shape index (κ3) is 2.80. The zero-order chi connectivity index (χ0) is 12.6. The minimum Gasteiger partial charge on any atom is -0.335 e. The van der Waals surface area contributed by atoms with Crippen LogP contribution in [0.4, 0.5) is 13.2 Å². The summed E-state index contributed by atoms with van der Waals surface area (Å²) < 4.78 is 38.3. The van der Waals surface area contributed by atoms with E-state index >= 15 is 0 Å². The number of aromatic nitrogens is 2. The van der Waals surface area contributed by atoms with E-state index in [9.17, 15) is 13.2 Å². The number of hydrogen-bond acceptors (Lipinski definition) is 2. The molecule has 0 aromatic carbocycles. The topological polar surface area (TPSA) is 43.8 Å². The van der Waals surface area contributed by atoms with E-state index in [0.29, 0.717) is 12.2 Å². The van der Waals surface area contributed by atoms with Gasteiger partial charge in [0.1, 0.15) is 5.82 Å². The maximum atomic E-state index is 12.2. The summed E-state index contributed by atoms with van der Waals surface area (Å²) in [5.41, 5.74) is 7.75. The lowest BCUT2D eigenvalue weighted by Crippen LogP contribution is -2.28. The quantitative estimate of drug-likeness (QED) is 0.865. The van der Waals surface area contributed by atoms with Gasteiger partial charge in [-0.3, -0.25) is 0 Å². The first-order valence-electron chi connectivity index (χ1n) is 5.72. The summed E-state index contributed by atoms with van der Waals surface area (Å²) in [4.78, 5) is 4.29. The Morgan fingerprint density at radius 1 is 1.47 bits per heavy atom. The van der Waals surface area contributed by atoms with Crippen molar-refractivity contribution in [1.29, 1.82) is 0 Å². The van der Waals surface area contributed by atoms with Gasteiger partial charge in [0, 0.05) is 31.6 Å². The van der Waals surface area contributed by atoms with Crippen LogP contribution in [0.1, 0.15) is 30.1 Å². The number of imidazole rings is 1. The Morgan fingerprint density at radius 2 is 2.18 bits per heavy atom. The lowest BCUT2D eigenvalue weighted by Gasteiger charge is -2.17. The molecule has 0 bridgehead atoms. The summed E-state index contributed by atoms with van der Waals surface area (Å²) >= 11 is 0. The van der Waals surface area contributed by atoms with Crippen LogP contribution in [-0.2, 0) is 26.3 Å². The van der Waals surface area contributed by atoms with Gasteiger partial charge in [-0.05, 0) is 12.8 Å². The van der Waals surface area contributed by atoms with Crippen molar-refractivity contribution in [2.75, 3.05) is 0 Å². The van der Waals surface area contributed by atoms with E-state index in [-0.39, 0.29) is 12.5 Å². The number of halogens is 3. The molecule has 0 saturated carbocycles. The highest BCUT2D eigenvalue weighted by atomic mass is 19.4. The zero-order valence-corrected chi connectivity index (χ0v) is 9.72. The molecule has 1 aliphatic rings. The minimum absolute atomic E-state index is 0.0533. The summed E-state index contributed by atoms with van der Waals surface area (Å²) in [5, 5.41) is 0. The second-order valence-corrected chi connectivity index (χ2v) is 4.60. The maximum Gasteiger partial charge on any atom is 0.389 e. The van der Waals surface area contributed by atoms with E-state index in [2.05, 4.69) is 4.98 Å². The second kappa shape index (κ2) is 4.33. The maximum absolute atomic E-state index is 12.2. The zero-order valence-electron chi connectivity index (χ0n) is 9.72. The largest absolute Gasteiger partial charge is 0.389 e. The standard InChI is InChI=1S/C11H16F3N3/c1-17-9-3-2-7(15)6-8(9)16-10(17)4-5-11(12,13)14/h7H,2-6,15H2,1H3. The van der Waals surface area contributed by atoms with Gasteiger partial charge in [-0.1, -0.05) is 0 Å². The average molecular weight is 247 g/mol. The second-order valence-electron chi connectivity index (χ2n) is 4.60. The normalized spacial score (nSPS) is 20.4. The fraction of sp³-hybridized carbons (Fsp3) is 0.727. The van der Waals surface area contributed by atoms with E-state index in [4.69, 9.17) is 5.73 Å². The van der Waals surface area contributed by atoms with Crippen molar-refractivity contribution in [3.05, 3.63) is 17.2 Å². The van der Waals surface area contributed by atoms with Crippen LogP contribution in [0, 0.1) is 0 Å². The number of fused-ring (bicyclic) bond motifs is 1. The van der Waals surface area contributed by atoms with Crippen molar-refractivity contribution >= 4 is 0 Å². The number of hydrogen-bond donors (Lipinski definition) is 1. The van der Waals surface area contributed by atoms with Gasteiger partial charge in [-0.15, -0.1) is 0 Å². The molecule has 1 aliphatic carbocycles. The van der Waals surface area contributed by atoms with Crippen LogP contribution >= 0.6 is 0 Å². The Labute approximate surface area is 97.8 Å². The molecule has 1 heterocycles. The molecule has 0 saturated heterocycles. The van der Waals surface area contributed by atoms with Crippen LogP contribution in [0.2, 0.25) is 0 Å². The highest BCUT2D eigenvalue weighted by Gasteiger charge is 2.29. The number of rotatable bonds is 2. The predicted octanol–water partition coefficient (Wildman–Crippen LogP) is 1.73. The van der Waals surface area contributed by atoms with Crippen molar-refractivity contribution in [3.8, 4) is 0 Å². The molecule has 3 nitrogen and oxygen atoms in total. The highest BCUT2D eigenvalue weighted by Crippen LogP contribution is 2.25. The molecule has 2 N–H and O–H groups in total. The lowest BCUT2D eigenvalue weighted by atomic mass is 9.97. The molecule has 0 amide bonds. The van der Waals surface area contributed by atoms with Gasteiger partial charge in [0.05, 0.1) is 12.1 Å². The van der Waals surface area contributed by atoms with Crippen LogP contribution in [0.25, 0.3) is 0 Å². The third-order valence-corrected chi connectivity index (χ3v) is 3.23. The molecule has 2 rings (SSSR count). The van der Waals surface area contributed by atoms with Gasteiger partial charge in [-0.25, -0.2) is 4.98 Å². The van der Waals surface area contributed by atoms with Crippen molar-refractivity contribution in [2.24, 2.45) is 12.8 Å². The molecule has 1 unspecified atom stereocenters. The van der Waals surface area contributed by atoms with Gasteiger partial charge >= 0.3 is 6.18 Å². The summed E-state index contributed by atoms with van der Waals surface area (Å²) in [6.45, 7) is 0. The minimum atomic E-state index is -4.12. The molecular weight excluding hydrogens is 231 g/mol. The first kappa shape index (κ1) is 12.4. The summed E-state index contributed by atoms with van der Waals surface area (Å²) in [6, 6.07) is 0.0906. The molecule has 0 spiro atoms. The number of nitrogens with two attached hydrogens (primary N) is 1. The summed E-state index contributed by atoms with van der Waals surface area (Å²) in [7, 11) is 1.79. The highest BCUT2D eigenvalue weighted by molar-refractivity contribution is 5.21. The van der Waals surface area contributed by atoms with Crippen molar-refractivity contribution in [1.82, 2.24) is 9.55 Å². The number of alkyl halides is 3. The van der Waals surface area contributed by atoms with Gasteiger partial charge in [-0.2, -0.15) is 13.2 Å². The van der Waals surface area contributed by atoms with Gasteiger partial charge in [0.2, 0.25) is 0 Å². The SMILES string of the molecule is Cn1c(CCC(F)(F)F)nc2c1CCC(N)C2. The molecule has 1 aromatic heterocycles. The van der Waals surface area contributed by atoms with E-state index < -0.39 is 12.6 Å². The molecular formula is C11H16F3N3. The molecule has 0 aliphatic heterocycles. The van der Waals surface area contributed by atoms with E-state index in [1.807, 2.05) is 0 Å². The monoisotopic (exact) mass is 247 g/mol. The Kier molecular flexibility index (Phi) is 3.16. The molecule has 0 fully saturated rings. The Hall–Kier alpha value is -1.04. The van der Waals surface area contributed by atoms with Crippen LogP contribution in [0.15, 0.2) is 0 Å². The van der Waals surface area contributed by atoms with Gasteiger partial charge < -0.3 is 10.3 Å². The van der Waals surface area contributed by atoms with Crippen molar-refractivity contribution in [2.45, 2.75) is 44.3 Å². The molecule has 1 aromatic rings. The van der Waals surface area contributed by atoms with Crippen LogP contribution in [0.3, 0.4) is 0 Å². The predicted molar refractivity (Wildman–Crippen MR) is 57.6 cm³/mol. The van der Waals surface area contributed by atoms with Crippen LogP contribution < -0.4 is 5.73 Å². The Bertz CT molecular complexity index is 409. The van der Waals surface area contributed by atoms with Crippen molar-refractivity contribution < 1.29 is 13.2 Å². The van der Waals surface area contributed by atoms with Gasteiger partial charge in [0.15, 0.2) is 0 Å². The third-order valence-electron chi connectivity index (χ3n) is 3.23. The number of aryl methyl sites for hydroxylation is 1. The van der Waals surface area contributed by atoms with Gasteiger partial charge in [0.25, 0.3) is 0 Å². The molecule has 96 valence electrons. The first-order chi connectivity index (χ1) is 7.87. The van der Waals surface area contributed by atoms with Crippen molar-refractivity contribution in [3.63, 3.8) is 0 Å². The van der Waals surface area contributed by atoms with E-state index in [1.165, 1.54) is 0 Å². The fourth-order valence-corrected chi connectivity index (χ4v) is 2.27. The molecule has 1 atom stereocenters. The Balaban J connectivity index is 2.14. The molecule has 0 radical (unpaired) electrons. The molecule has 17 heavy (non-hydrogen) atoms. The summed E-state index contributed by atoms with van der Waals surface area (Å²) in [5.74, 6) is 0.515. The Morgan fingerprint density at radius 3 is 2.82 bits per heavy atom. The number of nitrogens with zero attached hydrogens (tertiary/aromatic N) is 2. The fourth-order valence-electron chi connectivity index (χ4n) is 2.27. The summed E-state index contributed by atoms with van der Waals surface area (Å²) in [6.07, 6.45) is -2.62. The first-order valence-corrected chi connectivity index (χ1v) is 5.72. The lowest BCUT2D eigenvalue weighted by molar-refractivity contribution is -0.134. The van der Waals surface area contributed by atoms with Crippen LogP contribution in [0.5, 0.6) is 0 Å². The van der Waals surface area contributed by atoms with E-state index in [1.54, 1.807) is 11.6 Å². The van der Waals surface area contributed by atoms with Crippen LogP contribution in [-0.4, -0.2) is 21.8 Å². The smallest absolute Gasteiger partial charge is 0.335 e. The van der Waals surface area contributed by atoms with E-state index in [0.717, 1.165) is 24.2 Å².